The van der Waals surface area contributed by atoms with Crippen LogP contribution < -0.4 is 0 Å². The molecule has 0 spiro atoms. The lowest BCUT2D eigenvalue weighted by Gasteiger charge is -2.69. The summed E-state index contributed by atoms with van der Waals surface area (Å²) >= 11 is 0. The predicted octanol–water partition coefficient (Wildman–Crippen LogP) is 5.32. The van der Waals surface area contributed by atoms with Crippen LogP contribution in [-0.4, -0.2) is 44.8 Å². The molecule has 0 radical (unpaired) electrons. The normalized spacial score (nSPS) is 57.6. The van der Waals surface area contributed by atoms with E-state index in [2.05, 4.69) is 48.5 Å². The molecule has 1 saturated heterocycles. The molecule has 0 amide bonds. The van der Waals surface area contributed by atoms with E-state index >= 15 is 0 Å². The maximum atomic E-state index is 11.8. The smallest absolute Gasteiger partial charge is 0.0693 e. The SMILES string of the molecule is CC1(C)CCC[C@](C)([C@H]2CCC3[C@@H]2[C@H](O)C[C@H]2[C@@]3(C)C[C@@H](O)C3C(C)(C)[C@@H](O)CC[C@@]32C)O1. The Morgan fingerprint density at radius 3 is 2.06 bits per heavy atom. The number of aliphatic hydroxyl groups is 3. The minimum atomic E-state index is -0.392. The van der Waals surface area contributed by atoms with Crippen LogP contribution in [0.3, 0.4) is 0 Å². The third-order valence-corrected chi connectivity index (χ3v) is 12.2. The van der Waals surface area contributed by atoms with Crippen LogP contribution in [0.5, 0.6) is 0 Å². The predicted molar refractivity (Wildman–Crippen MR) is 131 cm³/mol. The first-order valence-electron chi connectivity index (χ1n) is 13.9. The van der Waals surface area contributed by atoms with Crippen molar-refractivity contribution in [1.82, 2.24) is 0 Å². The van der Waals surface area contributed by atoms with E-state index < -0.39 is 6.10 Å². The van der Waals surface area contributed by atoms with E-state index in [1.165, 1.54) is 6.42 Å². The van der Waals surface area contributed by atoms with Crippen LogP contribution in [0.15, 0.2) is 0 Å². The summed E-state index contributed by atoms with van der Waals surface area (Å²) in [6.45, 7) is 15.9. The Hall–Kier alpha value is -0.160. The van der Waals surface area contributed by atoms with Crippen molar-refractivity contribution in [2.45, 2.75) is 136 Å². The molecule has 4 aliphatic carbocycles. The van der Waals surface area contributed by atoms with Gasteiger partial charge in [0.1, 0.15) is 0 Å². The molecule has 1 heterocycles. The van der Waals surface area contributed by atoms with Crippen molar-refractivity contribution in [1.29, 1.82) is 0 Å². The Balaban J connectivity index is 1.49. The number of hydrogen-bond acceptors (Lipinski definition) is 4. The number of aliphatic hydroxyl groups excluding tert-OH is 3. The number of fused-ring (bicyclic) bond motifs is 5. The van der Waals surface area contributed by atoms with E-state index in [4.69, 9.17) is 4.74 Å². The molecule has 3 N–H and O–H groups in total. The van der Waals surface area contributed by atoms with Gasteiger partial charge in [-0.1, -0.05) is 27.7 Å². The molecule has 4 saturated carbocycles. The molecule has 190 valence electrons. The molecule has 4 nitrogen and oxygen atoms in total. The maximum Gasteiger partial charge on any atom is 0.0693 e. The summed E-state index contributed by atoms with van der Waals surface area (Å²) in [7, 11) is 0. The lowest BCUT2D eigenvalue weighted by atomic mass is 9.37. The Morgan fingerprint density at radius 2 is 1.39 bits per heavy atom. The number of rotatable bonds is 1. The van der Waals surface area contributed by atoms with Crippen molar-refractivity contribution in [3.05, 3.63) is 0 Å². The fourth-order valence-corrected chi connectivity index (χ4v) is 11.1. The lowest BCUT2D eigenvalue weighted by Crippen LogP contribution is -2.67. The molecule has 1 aliphatic heterocycles. The van der Waals surface area contributed by atoms with Crippen LogP contribution in [0.4, 0.5) is 0 Å². The topological polar surface area (TPSA) is 69.9 Å². The van der Waals surface area contributed by atoms with E-state index in [1.54, 1.807) is 0 Å². The Morgan fingerprint density at radius 1 is 0.727 bits per heavy atom. The summed E-state index contributed by atoms with van der Waals surface area (Å²) in [6, 6.07) is 0. The fraction of sp³-hybridized carbons (Fsp3) is 1.00. The summed E-state index contributed by atoms with van der Waals surface area (Å²) < 4.78 is 6.79. The van der Waals surface area contributed by atoms with Gasteiger partial charge in [-0.05, 0) is 124 Å². The first kappa shape index (κ1) is 24.5. The largest absolute Gasteiger partial charge is 0.393 e. The van der Waals surface area contributed by atoms with Crippen molar-refractivity contribution < 1.29 is 20.1 Å². The van der Waals surface area contributed by atoms with Crippen molar-refractivity contribution >= 4 is 0 Å². The molecule has 2 unspecified atom stereocenters. The van der Waals surface area contributed by atoms with Crippen LogP contribution >= 0.6 is 0 Å². The molecular formula is C29H50O4. The molecule has 5 aliphatic rings. The van der Waals surface area contributed by atoms with Gasteiger partial charge in [-0.2, -0.15) is 0 Å². The van der Waals surface area contributed by atoms with Gasteiger partial charge in [0, 0.05) is 0 Å². The zero-order chi connectivity index (χ0) is 24.2. The summed E-state index contributed by atoms with van der Waals surface area (Å²) in [5.74, 6) is 1.55. The standard InChI is InChI=1S/C29H50O4/c1-25(2)12-8-13-29(7,33-25)18-10-9-17-23(18)19(30)15-21-27(5)14-11-22(32)26(3,4)24(27)20(31)16-28(17,21)6/h17-24,30-32H,8-16H2,1-7H3/t17?,18-,19+,20+,21+,22-,23-,24?,27+,28-,29+/m0/s1. The van der Waals surface area contributed by atoms with Gasteiger partial charge < -0.3 is 20.1 Å². The van der Waals surface area contributed by atoms with Crippen molar-refractivity contribution in [2.24, 2.45) is 45.8 Å². The van der Waals surface area contributed by atoms with Gasteiger partial charge in [-0.3, -0.25) is 0 Å². The van der Waals surface area contributed by atoms with Crippen molar-refractivity contribution in [3.8, 4) is 0 Å². The van der Waals surface area contributed by atoms with Gasteiger partial charge in [0.25, 0.3) is 0 Å². The summed E-state index contributed by atoms with van der Waals surface area (Å²) in [4.78, 5) is 0. The highest BCUT2D eigenvalue weighted by Gasteiger charge is 2.69. The first-order chi connectivity index (χ1) is 15.2. The van der Waals surface area contributed by atoms with Crippen LogP contribution in [-0.2, 0) is 4.74 Å². The van der Waals surface area contributed by atoms with Crippen molar-refractivity contribution in [3.63, 3.8) is 0 Å². The average molecular weight is 463 g/mol. The second-order valence-electron chi connectivity index (χ2n) is 14.9. The average Bonchev–Trinajstić information content (AvgIpc) is 3.14. The fourth-order valence-electron chi connectivity index (χ4n) is 11.1. The van der Waals surface area contributed by atoms with Crippen LogP contribution in [0, 0.1) is 45.8 Å². The monoisotopic (exact) mass is 462 g/mol. The van der Waals surface area contributed by atoms with E-state index in [0.717, 1.165) is 51.4 Å². The van der Waals surface area contributed by atoms with Gasteiger partial charge >= 0.3 is 0 Å². The zero-order valence-corrected chi connectivity index (χ0v) is 22.2. The molecule has 0 bridgehead atoms. The van der Waals surface area contributed by atoms with Crippen LogP contribution in [0.1, 0.15) is 106 Å². The van der Waals surface area contributed by atoms with Crippen molar-refractivity contribution in [2.75, 3.05) is 0 Å². The second kappa shape index (κ2) is 7.43. The molecule has 0 aromatic carbocycles. The van der Waals surface area contributed by atoms with Gasteiger partial charge in [0.05, 0.1) is 29.5 Å². The Bertz CT molecular complexity index is 778. The molecule has 0 aromatic rings. The Kier molecular flexibility index (Phi) is 5.52. The highest BCUT2D eigenvalue weighted by molar-refractivity contribution is 5.18. The van der Waals surface area contributed by atoms with Gasteiger partial charge in [-0.25, -0.2) is 0 Å². The van der Waals surface area contributed by atoms with Gasteiger partial charge in [0.15, 0.2) is 0 Å². The minimum absolute atomic E-state index is 0.0300. The van der Waals surface area contributed by atoms with Gasteiger partial charge in [0.2, 0.25) is 0 Å². The summed E-state index contributed by atoms with van der Waals surface area (Å²) in [5.41, 5.74) is -0.577. The van der Waals surface area contributed by atoms with Gasteiger partial charge in [-0.15, -0.1) is 0 Å². The van der Waals surface area contributed by atoms with Crippen LogP contribution in [0.2, 0.25) is 0 Å². The van der Waals surface area contributed by atoms with E-state index in [1.807, 2.05) is 0 Å². The highest BCUT2D eigenvalue weighted by atomic mass is 16.5. The molecular weight excluding hydrogens is 412 g/mol. The Labute approximate surface area is 201 Å². The molecule has 5 fully saturated rings. The molecule has 0 aromatic heterocycles. The van der Waals surface area contributed by atoms with E-state index in [-0.39, 0.29) is 51.5 Å². The number of ether oxygens (including phenoxy) is 1. The summed E-state index contributed by atoms with van der Waals surface area (Å²) in [5, 5.41) is 34.3. The second-order valence-corrected chi connectivity index (χ2v) is 14.9. The minimum Gasteiger partial charge on any atom is -0.393 e. The summed E-state index contributed by atoms with van der Waals surface area (Å²) in [6.07, 6.45) is 7.99. The quantitative estimate of drug-likeness (QED) is 0.493. The molecule has 5 rings (SSSR count). The number of hydrogen-bond donors (Lipinski definition) is 3. The van der Waals surface area contributed by atoms with E-state index in [9.17, 15) is 15.3 Å². The first-order valence-corrected chi connectivity index (χ1v) is 13.9. The maximum absolute atomic E-state index is 11.8. The van der Waals surface area contributed by atoms with E-state index in [0.29, 0.717) is 17.8 Å². The molecule has 4 heteroatoms. The highest BCUT2D eigenvalue weighted by Crippen LogP contribution is 2.72. The third-order valence-electron chi connectivity index (χ3n) is 12.2. The molecule has 33 heavy (non-hydrogen) atoms. The molecule has 11 atom stereocenters. The zero-order valence-electron chi connectivity index (χ0n) is 22.2. The third kappa shape index (κ3) is 3.36. The lowest BCUT2D eigenvalue weighted by molar-refractivity contribution is -0.259. The van der Waals surface area contributed by atoms with Crippen LogP contribution in [0.25, 0.3) is 0 Å².